The number of hydrogen-bond acceptors (Lipinski definition) is 6. The minimum atomic E-state index is -0.555. The Morgan fingerprint density at radius 1 is 1.19 bits per heavy atom. The highest BCUT2D eigenvalue weighted by Gasteiger charge is 2.29. The Kier molecular flexibility index (Phi) is 6.92. The third-order valence-electron chi connectivity index (χ3n) is 5.39. The van der Waals surface area contributed by atoms with Crippen molar-refractivity contribution in [3.8, 4) is 6.07 Å². The molecule has 3 rings (SSSR count). The van der Waals surface area contributed by atoms with Crippen LogP contribution in [0.15, 0.2) is 18.2 Å². The lowest BCUT2D eigenvalue weighted by molar-refractivity contribution is 0.0387. The minimum absolute atomic E-state index is 0.00902. The molecule has 1 saturated heterocycles. The SMILES string of the molecule is COCCOC(=O)c1c(C)[nH]c(C(=O)N2CCN(c3cccc(F)c3C#N)CC2)c1C. The first-order valence-electron chi connectivity index (χ1n) is 9.97. The van der Waals surface area contributed by atoms with Crippen LogP contribution in [0.4, 0.5) is 10.1 Å². The topological polar surface area (TPSA) is 98.7 Å². The van der Waals surface area contributed by atoms with Crippen LogP contribution in [0, 0.1) is 31.0 Å². The second kappa shape index (κ2) is 9.62. The van der Waals surface area contributed by atoms with Gasteiger partial charge in [0.2, 0.25) is 0 Å². The smallest absolute Gasteiger partial charge is 0.340 e. The van der Waals surface area contributed by atoms with Gasteiger partial charge in [0.25, 0.3) is 5.91 Å². The van der Waals surface area contributed by atoms with E-state index in [9.17, 15) is 19.2 Å². The van der Waals surface area contributed by atoms with Gasteiger partial charge in [-0.1, -0.05) is 6.07 Å². The highest BCUT2D eigenvalue weighted by atomic mass is 19.1. The molecule has 0 unspecified atom stereocenters. The van der Waals surface area contributed by atoms with E-state index in [0.29, 0.717) is 61.0 Å². The molecule has 0 radical (unpaired) electrons. The van der Waals surface area contributed by atoms with Crippen LogP contribution in [0.25, 0.3) is 0 Å². The summed E-state index contributed by atoms with van der Waals surface area (Å²) in [4.78, 5) is 32.1. The second-order valence-corrected chi connectivity index (χ2v) is 7.28. The van der Waals surface area contributed by atoms with Crippen LogP contribution in [0.3, 0.4) is 0 Å². The van der Waals surface area contributed by atoms with E-state index in [1.165, 1.54) is 13.2 Å². The Morgan fingerprint density at radius 3 is 2.55 bits per heavy atom. The lowest BCUT2D eigenvalue weighted by atomic mass is 10.1. The molecule has 1 aliphatic heterocycles. The minimum Gasteiger partial charge on any atom is -0.460 e. The number of aryl methyl sites for hydroxylation is 1. The van der Waals surface area contributed by atoms with Crippen LogP contribution in [-0.4, -0.2) is 68.3 Å². The van der Waals surface area contributed by atoms with Gasteiger partial charge in [0.15, 0.2) is 0 Å². The van der Waals surface area contributed by atoms with Crippen LogP contribution in [0.2, 0.25) is 0 Å². The number of piperazine rings is 1. The maximum atomic E-state index is 13.9. The van der Waals surface area contributed by atoms with Crippen molar-refractivity contribution in [1.29, 1.82) is 5.26 Å². The number of hydrogen-bond donors (Lipinski definition) is 1. The van der Waals surface area contributed by atoms with Crippen molar-refractivity contribution in [2.45, 2.75) is 13.8 Å². The summed E-state index contributed by atoms with van der Waals surface area (Å²) in [6, 6.07) is 6.45. The monoisotopic (exact) mass is 428 g/mol. The molecule has 1 N–H and O–H groups in total. The molecule has 31 heavy (non-hydrogen) atoms. The van der Waals surface area contributed by atoms with Crippen LogP contribution in [0.1, 0.15) is 37.7 Å². The number of amides is 1. The highest BCUT2D eigenvalue weighted by Crippen LogP contribution is 2.25. The van der Waals surface area contributed by atoms with Crippen LogP contribution < -0.4 is 4.90 Å². The van der Waals surface area contributed by atoms with Crippen molar-refractivity contribution < 1.29 is 23.5 Å². The molecule has 0 bridgehead atoms. The average Bonchev–Trinajstić information content (AvgIpc) is 3.07. The van der Waals surface area contributed by atoms with E-state index >= 15 is 0 Å². The summed E-state index contributed by atoms with van der Waals surface area (Å²) in [6.07, 6.45) is 0. The van der Waals surface area contributed by atoms with E-state index in [0.717, 1.165) is 0 Å². The van der Waals surface area contributed by atoms with Crippen LogP contribution in [-0.2, 0) is 9.47 Å². The Labute approximate surface area is 180 Å². The summed E-state index contributed by atoms with van der Waals surface area (Å²) < 4.78 is 24.0. The summed E-state index contributed by atoms with van der Waals surface area (Å²) in [6.45, 7) is 5.62. The van der Waals surface area contributed by atoms with E-state index in [1.807, 2.05) is 11.0 Å². The Balaban J connectivity index is 1.70. The van der Waals surface area contributed by atoms with Crippen molar-refractivity contribution >= 4 is 17.6 Å². The third-order valence-corrected chi connectivity index (χ3v) is 5.39. The third kappa shape index (κ3) is 4.54. The Hall–Kier alpha value is -3.38. The predicted octanol–water partition coefficient (Wildman–Crippen LogP) is 2.41. The maximum Gasteiger partial charge on any atom is 0.340 e. The number of benzene rings is 1. The molecule has 0 spiro atoms. The molecule has 9 heteroatoms. The predicted molar refractivity (Wildman–Crippen MR) is 112 cm³/mol. The number of esters is 1. The average molecular weight is 428 g/mol. The van der Waals surface area contributed by atoms with Gasteiger partial charge in [-0.2, -0.15) is 5.26 Å². The second-order valence-electron chi connectivity index (χ2n) is 7.28. The lowest BCUT2D eigenvalue weighted by Crippen LogP contribution is -2.49. The molecule has 0 saturated carbocycles. The van der Waals surface area contributed by atoms with Gasteiger partial charge in [-0.3, -0.25) is 4.79 Å². The van der Waals surface area contributed by atoms with Gasteiger partial charge in [-0.25, -0.2) is 9.18 Å². The Morgan fingerprint density at radius 2 is 1.90 bits per heavy atom. The summed E-state index contributed by atoms with van der Waals surface area (Å²) in [5, 5.41) is 9.26. The molecule has 164 valence electrons. The number of H-pyrrole nitrogens is 1. The van der Waals surface area contributed by atoms with E-state index in [1.54, 1.807) is 30.9 Å². The van der Waals surface area contributed by atoms with E-state index < -0.39 is 11.8 Å². The van der Waals surface area contributed by atoms with Gasteiger partial charge in [0.05, 0.1) is 17.9 Å². The molecule has 8 nitrogen and oxygen atoms in total. The first-order chi connectivity index (χ1) is 14.9. The number of methoxy groups -OCH3 is 1. The molecule has 0 atom stereocenters. The molecular formula is C22H25FN4O4. The fourth-order valence-corrected chi connectivity index (χ4v) is 3.76. The van der Waals surface area contributed by atoms with Crippen molar-refractivity contribution in [2.75, 3.05) is 51.4 Å². The zero-order valence-electron chi connectivity index (χ0n) is 17.8. The number of carbonyl (C=O) groups excluding carboxylic acids is 2. The number of halogens is 1. The molecule has 1 aromatic carbocycles. The highest BCUT2D eigenvalue weighted by molar-refractivity contribution is 6.00. The fourth-order valence-electron chi connectivity index (χ4n) is 3.76. The van der Waals surface area contributed by atoms with Crippen molar-refractivity contribution in [3.05, 3.63) is 52.1 Å². The molecule has 2 aromatic rings. The number of anilines is 1. The molecule has 0 aliphatic carbocycles. The van der Waals surface area contributed by atoms with Gasteiger partial charge >= 0.3 is 5.97 Å². The summed E-state index contributed by atoms with van der Waals surface area (Å²) in [5.41, 5.74) is 2.37. The van der Waals surface area contributed by atoms with E-state index in [2.05, 4.69) is 4.98 Å². The van der Waals surface area contributed by atoms with E-state index in [-0.39, 0.29) is 18.1 Å². The molecule has 1 amide bonds. The number of ether oxygens (including phenoxy) is 2. The molecular weight excluding hydrogens is 403 g/mol. The van der Waals surface area contributed by atoms with Gasteiger partial charge in [0.1, 0.15) is 29.8 Å². The number of nitrogens with one attached hydrogen (secondary N) is 1. The summed E-state index contributed by atoms with van der Waals surface area (Å²) >= 11 is 0. The summed E-state index contributed by atoms with van der Waals surface area (Å²) in [7, 11) is 1.52. The van der Waals surface area contributed by atoms with Gasteiger partial charge in [-0.15, -0.1) is 0 Å². The first kappa shape index (κ1) is 22.3. The number of carbonyl (C=O) groups is 2. The van der Waals surface area contributed by atoms with Crippen molar-refractivity contribution in [2.24, 2.45) is 0 Å². The zero-order valence-corrected chi connectivity index (χ0v) is 17.8. The van der Waals surface area contributed by atoms with Crippen LogP contribution in [0.5, 0.6) is 0 Å². The molecule has 1 fully saturated rings. The number of nitriles is 1. The maximum absolute atomic E-state index is 13.9. The molecule has 2 heterocycles. The van der Waals surface area contributed by atoms with Gasteiger partial charge in [0, 0.05) is 39.0 Å². The standard InChI is InChI=1S/C22H25FN4O4/c1-14-19(22(29)31-12-11-30-3)15(2)25-20(14)21(28)27-9-7-26(8-10-27)18-6-4-5-17(23)16(18)13-24/h4-6,25H,7-12H2,1-3H3. The number of rotatable bonds is 6. The molecule has 1 aliphatic rings. The number of aromatic nitrogens is 1. The van der Waals surface area contributed by atoms with Gasteiger partial charge < -0.3 is 24.3 Å². The Bertz CT molecular complexity index is 1020. The summed E-state index contributed by atoms with van der Waals surface area (Å²) in [5.74, 6) is -1.26. The number of aromatic amines is 1. The lowest BCUT2D eigenvalue weighted by Gasteiger charge is -2.36. The molecule has 1 aromatic heterocycles. The van der Waals surface area contributed by atoms with Crippen molar-refractivity contribution in [3.63, 3.8) is 0 Å². The van der Waals surface area contributed by atoms with Crippen LogP contribution >= 0.6 is 0 Å². The van der Waals surface area contributed by atoms with E-state index in [4.69, 9.17) is 9.47 Å². The van der Waals surface area contributed by atoms with Crippen molar-refractivity contribution in [1.82, 2.24) is 9.88 Å². The largest absolute Gasteiger partial charge is 0.460 e. The quantitative estimate of drug-likeness (QED) is 0.560. The first-order valence-corrected chi connectivity index (χ1v) is 9.97. The zero-order chi connectivity index (χ0) is 22.5. The van der Waals surface area contributed by atoms with Gasteiger partial charge in [-0.05, 0) is 31.5 Å². The number of nitrogens with zero attached hydrogens (tertiary/aromatic N) is 3. The fraction of sp³-hybridized carbons (Fsp3) is 0.409. The normalized spacial score (nSPS) is 13.8.